The summed E-state index contributed by atoms with van der Waals surface area (Å²) in [5.41, 5.74) is 7.81. The largest absolute Gasteiger partial charge is 0.395 e. The molecule has 1 amide bonds. The van der Waals surface area contributed by atoms with Gasteiger partial charge in [-0.15, -0.1) is 0 Å². The average Bonchev–Trinajstić information content (AvgIpc) is 2.34. The standard InChI is InChI=1S/C13H17N2O2/c1-2-3-7-10-17-15-12(13(14)16)11-8-5-4-6-9-11/h4-6,8-9,14H,2-3,7,10H2,1H3. The predicted octanol–water partition coefficient (Wildman–Crippen LogP) is 2.41. The van der Waals surface area contributed by atoms with E-state index in [4.69, 9.17) is 10.6 Å². The lowest BCUT2D eigenvalue weighted by Crippen LogP contribution is -2.16. The topological polar surface area (TPSA) is 62.5 Å². The van der Waals surface area contributed by atoms with Crippen molar-refractivity contribution in [2.45, 2.75) is 26.2 Å². The fourth-order valence-corrected chi connectivity index (χ4v) is 1.35. The van der Waals surface area contributed by atoms with Crippen LogP contribution in [0.5, 0.6) is 0 Å². The van der Waals surface area contributed by atoms with E-state index in [-0.39, 0.29) is 5.71 Å². The molecule has 0 aromatic heterocycles. The summed E-state index contributed by atoms with van der Waals surface area (Å²) in [4.78, 5) is 16.2. The third kappa shape index (κ3) is 4.68. The fourth-order valence-electron chi connectivity index (χ4n) is 1.35. The van der Waals surface area contributed by atoms with Crippen molar-refractivity contribution in [2.75, 3.05) is 6.61 Å². The molecule has 0 saturated heterocycles. The van der Waals surface area contributed by atoms with Gasteiger partial charge in [-0.3, -0.25) is 10.5 Å². The normalized spacial score (nSPS) is 11.2. The van der Waals surface area contributed by atoms with Crippen molar-refractivity contribution in [3.8, 4) is 0 Å². The molecule has 1 aromatic carbocycles. The van der Waals surface area contributed by atoms with Gasteiger partial charge in [0.1, 0.15) is 6.61 Å². The van der Waals surface area contributed by atoms with Crippen molar-refractivity contribution in [2.24, 2.45) is 5.16 Å². The second-order valence-corrected chi connectivity index (χ2v) is 3.68. The van der Waals surface area contributed by atoms with Crippen LogP contribution in [0.15, 0.2) is 35.5 Å². The monoisotopic (exact) mass is 233 g/mol. The first kappa shape index (κ1) is 13.2. The second kappa shape index (κ2) is 7.44. The Morgan fingerprint density at radius 3 is 2.59 bits per heavy atom. The van der Waals surface area contributed by atoms with Crippen molar-refractivity contribution in [1.82, 2.24) is 5.73 Å². The van der Waals surface area contributed by atoms with Crippen LogP contribution in [0.3, 0.4) is 0 Å². The van der Waals surface area contributed by atoms with Crippen LogP contribution in [0.2, 0.25) is 0 Å². The van der Waals surface area contributed by atoms with Crippen LogP contribution in [0, 0.1) is 0 Å². The molecule has 4 nitrogen and oxygen atoms in total. The molecule has 0 unspecified atom stereocenters. The first-order valence-electron chi connectivity index (χ1n) is 5.77. The van der Waals surface area contributed by atoms with Gasteiger partial charge in [0.05, 0.1) is 0 Å². The van der Waals surface area contributed by atoms with Crippen molar-refractivity contribution < 1.29 is 9.63 Å². The number of rotatable bonds is 7. The first-order chi connectivity index (χ1) is 8.25. The SMILES string of the molecule is CCCCCON=C(C([NH])=O)c1ccccc1. The predicted molar refractivity (Wildman–Crippen MR) is 66.6 cm³/mol. The first-order valence-corrected chi connectivity index (χ1v) is 5.77. The summed E-state index contributed by atoms with van der Waals surface area (Å²) in [7, 11) is 0. The number of hydrogen-bond donors (Lipinski definition) is 0. The highest BCUT2D eigenvalue weighted by atomic mass is 16.6. The van der Waals surface area contributed by atoms with E-state index < -0.39 is 5.91 Å². The van der Waals surface area contributed by atoms with E-state index >= 15 is 0 Å². The number of nitrogens with zero attached hydrogens (tertiary/aromatic N) is 1. The zero-order chi connectivity index (χ0) is 12.5. The van der Waals surface area contributed by atoms with Crippen LogP contribution in [-0.2, 0) is 9.63 Å². The van der Waals surface area contributed by atoms with Crippen molar-refractivity contribution in [3.05, 3.63) is 35.9 Å². The lowest BCUT2D eigenvalue weighted by Gasteiger charge is -2.02. The molecule has 0 heterocycles. The van der Waals surface area contributed by atoms with Crippen molar-refractivity contribution >= 4 is 11.6 Å². The van der Waals surface area contributed by atoms with E-state index in [0.29, 0.717) is 12.2 Å². The Hall–Kier alpha value is -1.84. The molecule has 0 atom stereocenters. The molecule has 0 aliphatic carbocycles. The van der Waals surface area contributed by atoms with E-state index in [2.05, 4.69) is 12.1 Å². The molecule has 0 aliphatic heterocycles. The number of hydrogen-bond acceptors (Lipinski definition) is 3. The third-order valence-electron chi connectivity index (χ3n) is 2.26. The summed E-state index contributed by atoms with van der Waals surface area (Å²) in [6, 6.07) is 8.91. The molecule has 0 aliphatic rings. The van der Waals surface area contributed by atoms with Gasteiger partial charge in [0.15, 0.2) is 5.71 Å². The minimum absolute atomic E-state index is 0.0575. The maximum absolute atomic E-state index is 11.1. The highest BCUT2D eigenvalue weighted by Crippen LogP contribution is 2.03. The van der Waals surface area contributed by atoms with Gasteiger partial charge in [-0.2, -0.15) is 0 Å². The summed E-state index contributed by atoms with van der Waals surface area (Å²) in [6.07, 6.45) is 3.09. The quantitative estimate of drug-likeness (QED) is 0.412. The molecule has 1 aromatic rings. The Bertz CT molecular complexity index is 374. The van der Waals surface area contributed by atoms with Crippen LogP contribution >= 0.6 is 0 Å². The smallest absolute Gasteiger partial charge is 0.292 e. The van der Waals surface area contributed by atoms with Crippen molar-refractivity contribution in [1.29, 1.82) is 0 Å². The molecular formula is C13H17N2O2. The van der Waals surface area contributed by atoms with E-state index in [1.807, 2.05) is 6.07 Å². The van der Waals surface area contributed by atoms with Gasteiger partial charge in [-0.25, -0.2) is 0 Å². The number of carbonyl (C=O) groups is 1. The molecule has 1 rings (SSSR count). The van der Waals surface area contributed by atoms with E-state index in [1.54, 1.807) is 24.3 Å². The minimum Gasteiger partial charge on any atom is -0.395 e. The Kier molecular flexibility index (Phi) is 5.79. The number of carbonyl (C=O) groups excluding carboxylic acids is 1. The van der Waals surface area contributed by atoms with Crippen LogP contribution in [0.4, 0.5) is 0 Å². The Morgan fingerprint density at radius 2 is 2.00 bits per heavy atom. The lowest BCUT2D eigenvalue weighted by atomic mass is 10.1. The minimum atomic E-state index is -0.827. The molecular weight excluding hydrogens is 216 g/mol. The molecule has 1 radical (unpaired) electrons. The molecule has 17 heavy (non-hydrogen) atoms. The molecule has 0 fully saturated rings. The molecule has 0 spiro atoms. The maximum atomic E-state index is 11.1. The summed E-state index contributed by atoms with van der Waals surface area (Å²) >= 11 is 0. The second-order valence-electron chi connectivity index (χ2n) is 3.68. The van der Waals surface area contributed by atoms with Crippen LogP contribution < -0.4 is 5.73 Å². The maximum Gasteiger partial charge on any atom is 0.292 e. The van der Waals surface area contributed by atoms with Gasteiger partial charge < -0.3 is 4.84 Å². The van der Waals surface area contributed by atoms with Gasteiger partial charge in [-0.1, -0.05) is 55.3 Å². The van der Waals surface area contributed by atoms with Crippen molar-refractivity contribution in [3.63, 3.8) is 0 Å². The molecule has 91 valence electrons. The van der Waals surface area contributed by atoms with Gasteiger partial charge in [-0.05, 0) is 6.42 Å². The number of nitrogens with one attached hydrogen (secondary N) is 1. The molecule has 4 heteroatoms. The Balaban J connectivity index is 2.61. The van der Waals surface area contributed by atoms with E-state index in [0.717, 1.165) is 19.3 Å². The summed E-state index contributed by atoms with van der Waals surface area (Å²) in [6.45, 7) is 2.59. The highest BCUT2D eigenvalue weighted by molar-refractivity contribution is 6.44. The zero-order valence-electron chi connectivity index (χ0n) is 9.98. The summed E-state index contributed by atoms with van der Waals surface area (Å²) in [5.74, 6) is -0.827. The number of oxime groups is 1. The number of amides is 1. The molecule has 0 bridgehead atoms. The molecule has 0 saturated carbocycles. The Morgan fingerprint density at radius 1 is 1.29 bits per heavy atom. The number of unbranched alkanes of at least 4 members (excludes halogenated alkanes) is 2. The van der Waals surface area contributed by atoms with Gasteiger partial charge in [0.2, 0.25) is 0 Å². The van der Waals surface area contributed by atoms with Crippen LogP contribution in [-0.4, -0.2) is 18.2 Å². The van der Waals surface area contributed by atoms with Crippen LogP contribution in [0.1, 0.15) is 31.7 Å². The fraction of sp³-hybridized carbons (Fsp3) is 0.385. The van der Waals surface area contributed by atoms with Gasteiger partial charge in [0.25, 0.3) is 5.91 Å². The van der Waals surface area contributed by atoms with Gasteiger partial charge >= 0.3 is 0 Å². The zero-order valence-corrected chi connectivity index (χ0v) is 9.98. The average molecular weight is 233 g/mol. The highest BCUT2D eigenvalue weighted by Gasteiger charge is 2.11. The summed E-state index contributed by atoms with van der Waals surface area (Å²) < 4.78 is 0. The third-order valence-corrected chi connectivity index (χ3v) is 2.26. The Labute approximate surface area is 101 Å². The molecule has 1 N–H and O–H groups in total. The van der Waals surface area contributed by atoms with E-state index in [1.165, 1.54) is 0 Å². The number of benzene rings is 1. The van der Waals surface area contributed by atoms with E-state index in [9.17, 15) is 4.79 Å². The van der Waals surface area contributed by atoms with Gasteiger partial charge in [0, 0.05) is 5.56 Å². The van der Waals surface area contributed by atoms with Crippen LogP contribution in [0.25, 0.3) is 0 Å². The lowest BCUT2D eigenvalue weighted by molar-refractivity contribution is -0.112. The summed E-state index contributed by atoms with van der Waals surface area (Å²) in [5, 5.41) is 3.74.